The van der Waals surface area contributed by atoms with Crippen molar-refractivity contribution in [1.29, 1.82) is 0 Å². The standard InChI is InChI=1S/C13H15N5O2/c1-9-15-13(20-16-9)10-3-4-11(14-7-10)18-6-5-17(2)12(19)8-18/h3-4,7H,5-6,8H2,1-2H3. The third-order valence-electron chi connectivity index (χ3n) is 3.30. The van der Waals surface area contributed by atoms with E-state index in [4.69, 9.17) is 4.52 Å². The third-order valence-corrected chi connectivity index (χ3v) is 3.30. The maximum atomic E-state index is 11.7. The van der Waals surface area contributed by atoms with Gasteiger partial charge in [0.05, 0.1) is 12.1 Å². The molecule has 7 heteroatoms. The van der Waals surface area contributed by atoms with Crippen LogP contribution in [-0.2, 0) is 4.79 Å². The SMILES string of the molecule is Cc1noc(-c2ccc(N3CCN(C)C(=O)C3)nc2)n1. The van der Waals surface area contributed by atoms with Gasteiger partial charge in [-0.15, -0.1) is 0 Å². The molecule has 0 aromatic carbocycles. The minimum absolute atomic E-state index is 0.106. The largest absolute Gasteiger partial charge is 0.346 e. The van der Waals surface area contributed by atoms with Gasteiger partial charge in [-0.1, -0.05) is 5.16 Å². The summed E-state index contributed by atoms with van der Waals surface area (Å²) < 4.78 is 5.09. The molecular weight excluding hydrogens is 258 g/mol. The second kappa shape index (κ2) is 4.92. The minimum atomic E-state index is 0.106. The summed E-state index contributed by atoms with van der Waals surface area (Å²) >= 11 is 0. The van der Waals surface area contributed by atoms with Gasteiger partial charge in [0.15, 0.2) is 5.82 Å². The molecule has 0 unspecified atom stereocenters. The molecule has 1 aliphatic rings. The summed E-state index contributed by atoms with van der Waals surface area (Å²) in [6.45, 7) is 3.63. The Hall–Kier alpha value is -2.44. The third kappa shape index (κ3) is 2.34. The number of rotatable bonds is 2. The normalized spacial score (nSPS) is 15.8. The van der Waals surface area contributed by atoms with Crippen LogP contribution in [0.4, 0.5) is 5.82 Å². The van der Waals surface area contributed by atoms with E-state index >= 15 is 0 Å². The van der Waals surface area contributed by atoms with Crippen molar-refractivity contribution in [3.63, 3.8) is 0 Å². The maximum absolute atomic E-state index is 11.7. The highest BCUT2D eigenvalue weighted by molar-refractivity contribution is 5.82. The number of hydrogen-bond donors (Lipinski definition) is 0. The van der Waals surface area contributed by atoms with E-state index in [0.717, 1.165) is 17.9 Å². The van der Waals surface area contributed by atoms with Crippen molar-refractivity contribution in [3.05, 3.63) is 24.2 Å². The van der Waals surface area contributed by atoms with E-state index in [-0.39, 0.29) is 5.91 Å². The summed E-state index contributed by atoms with van der Waals surface area (Å²) in [4.78, 5) is 23.9. The smallest absolute Gasteiger partial charge is 0.259 e. The number of piperazine rings is 1. The highest BCUT2D eigenvalue weighted by atomic mass is 16.5. The molecule has 0 bridgehead atoms. The second-order valence-electron chi connectivity index (χ2n) is 4.79. The highest BCUT2D eigenvalue weighted by Crippen LogP contribution is 2.20. The summed E-state index contributed by atoms with van der Waals surface area (Å²) in [6, 6.07) is 3.74. The predicted molar refractivity (Wildman–Crippen MR) is 72.1 cm³/mol. The van der Waals surface area contributed by atoms with Crippen molar-refractivity contribution in [2.45, 2.75) is 6.92 Å². The lowest BCUT2D eigenvalue weighted by Gasteiger charge is -2.32. The van der Waals surface area contributed by atoms with Crippen LogP contribution in [0.2, 0.25) is 0 Å². The Morgan fingerprint density at radius 2 is 2.15 bits per heavy atom. The molecule has 1 saturated heterocycles. The van der Waals surface area contributed by atoms with Crippen LogP contribution in [0.5, 0.6) is 0 Å². The van der Waals surface area contributed by atoms with Crippen LogP contribution < -0.4 is 4.90 Å². The molecule has 0 aliphatic carbocycles. The van der Waals surface area contributed by atoms with E-state index < -0.39 is 0 Å². The number of amides is 1. The zero-order chi connectivity index (χ0) is 14.1. The molecule has 1 fully saturated rings. The van der Waals surface area contributed by atoms with Gasteiger partial charge in [-0.2, -0.15) is 4.98 Å². The highest BCUT2D eigenvalue weighted by Gasteiger charge is 2.21. The van der Waals surface area contributed by atoms with Gasteiger partial charge in [0, 0.05) is 26.3 Å². The van der Waals surface area contributed by atoms with Crippen molar-refractivity contribution in [3.8, 4) is 11.5 Å². The van der Waals surface area contributed by atoms with Crippen molar-refractivity contribution in [1.82, 2.24) is 20.0 Å². The van der Waals surface area contributed by atoms with E-state index in [9.17, 15) is 4.79 Å². The Morgan fingerprint density at radius 1 is 1.30 bits per heavy atom. The molecule has 0 atom stereocenters. The average Bonchev–Trinajstić information content (AvgIpc) is 2.89. The van der Waals surface area contributed by atoms with E-state index in [1.807, 2.05) is 24.1 Å². The van der Waals surface area contributed by atoms with Crippen LogP contribution in [0, 0.1) is 6.92 Å². The molecule has 0 radical (unpaired) electrons. The molecule has 2 aromatic heterocycles. The van der Waals surface area contributed by atoms with Crippen LogP contribution in [-0.4, -0.2) is 52.6 Å². The first-order chi connectivity index (χ1) is 9.63. The summed E-state index contributed by atoms with van der Waals surface area (Å²) in [7, 11) is 1.81. The molecule has 0 saturated carbocycles. The van der Waals surface area contributed by atoms with Crippen LogP contribution in [0.1, 0.15) is 5.82 Å². The van der Waals surface area contributed by atoms with Crippen LogP contribution in [0.15, 0.2) is 22.9 Å². The number of hydrogen-bond acceptors (Lipinski definition) is 6. The lowest BCUT2D eigenvalue weighted by atomic mass is 10.2. The van der Waals surface area contributed by atoms with E-state index in [2.05, 4.69) is 15.1 Å². The number of anilines is 1. The quantitative estimate of drug-likeness (QED) is 0.802. The van der Waals surface area contributed by atoms with Gasteiger partial charge >= 0.3 is 0 Å². The Morgan fingerprint density at radius 3 is 2.75 bits per heavy atom. The number of aromatic nitrogens is 3. The molecule has 1 aliphatic heterocycles. The first kappa shape index (κ1) is 12.6. The Bertz CT molecular complexity index is 622. The van der Waals surface area contributed by atoms with Crippen LogP contribution in [0.25, 0.3) is 11.5 Å². The summed E-state index contributed by atoms with van der Waals surface area (Å²) in [5, 5.41) is 3.75. The van der Waals surface area contributed by atoms with Gasteiger partial charge in [-0.25, -0.2) is 4.98 Å². The first-order valence-electron chi connectivity index (χ1n) is 6.39. The predicted octanol–water partition coefficient (Wildman–Crippen LogP) is 0.718. The van der Waals surface area contributed by atoms with Gasteiger partial charge in [0.1, 0.15) is 5.82 Å². The monoisotopic (exact) mass is 273 g/mol. The number of carbonyl (C=O) groups excluding carboxylic acids is 1. The molecular formula is C13H15N5O2. The molecule has 2 aromatic rings. The number of carbonyl (C=O) groups is 1. The molecule has 0 spiro atoms. The topological polar surface area (TPSA) is 75.4 Å². The fraction of sp³-hybridized carbons (Fsp3) is 0.385. The lowest BCUT2D eigenvalue weighted by Crippen LogP contribution is -2.48. The van der Waals surface area contributed by atoms with Crippen molar-refractivity contribution in [2.24, 2.45) is 0 Å². The zero-order valence-corrected chi connectivity index (χ0v) is 11.4. The van der Waals surface area contributed by atoms with Crippen LogP contribution >= 0.6 is 0 Å². The van der Waals surface area contributed by atoms with Gasteiger partial charge in [-0.3, -0.25) is 4.79 Å². The van der Waals surface area contributed by atoms with Gasteiger partial charge in [-0.05, 0) is 19.1 Å². The molecule has 104 valence electrons. The van der Waals surface area contributed by atoms with Crippen molar-refractivity contribution in [2.75, 3.05) is 31.6 Å². The fourth-order valence-corrected chi connectivity index (χ4v) is 2.07. The van der Waals surface area contributed by atoms with Gasteiger partial charge < -0.3 is 14.3 Å². The van der Waals surface area contributed by atoms with E-state index in [1.165, 1.54) is 0 Å². The molecule has 20 heavy (non-hydrogen) atoms. The van der Waals surface area contributed by atoms with E-state index in [0.29, 0.717) is 24.8 Å². The Labute approximate surface area is 116 Å². The Balaban J connectivity index is 1.78. The number of nitrogens with zero attached hydrogens (tertiary/aromatic N) is 5. The summed E-state index contributed by atoms with van der Waals surface area (Å²) in [5.74, 6) is 1.94. The number of likely N-dealkylation sites (N-methyl/N-ethyl adjacent to an activating group) is 1. The zero-order valence-electron chi connectivity index (χ0n) is 11.4. The maximum Gasteiger partial charge on any atom is 0.259 e. The molecule has 3 rings (SSSR count). The van der Waals surface area contributed by atoms with Crippen LogP contribution in [0.3, 0.4) is 0 Å². The Kier molecular flexibility index (Phi) is 3.09. The van der Waals surface area contributed by atoms with Crippen molar-refractivity contribution >= 4 is 11.7 Å². The second-order valence-corrected chi connectivity index (χ2v) is 4.79. The average molecular weight is 273 g/mol. The van der Waals surface area contributed by atoms with Crippen molar-refractivity contribution < 1.29 is 9.32 Å². The minimum Gasteiger partial charge on any atom is -0.346 e. The first-order valence-corrected chi connectivity index (χ1v) is 6.39. The lowest BCUT2D eigenvalue weighted by molar-refractivity contribution is -0.129. The van der Waals surface area contributed by atoms with Gasteiger partial charge in [0.2, 0.25) is 5.91 Å². The van der Waals surface area contributed by atoms with Gasteiger partial charge in [0.25, 0.3) is 5.89 Å². The summed E-state index contributed by atoms with van der Waals surface area (Å²) in [6.07, 6.45) is 1.69. The summed E-state index contributed by atoms with van der Waals surface area (Å²) in [5.41, 5.74) is 0.773. The molecule has 7 nitrogen and oxygen atoms in total. The van der Waals surface area contributed by atoms with E-state index in [1.54, 1.807) is 18.0 Å². The molecule has 0 N–H and O–H groups in total. The molecule has 3 heterocycles. The fourth-order valence-electron chi connectivity index (χ4n) is 2.07. The number of pyridine rings is 1. The molecule has 1 amide bonds. The number of aryl methyl sites for hydroxylation is 1.